The summed E-state index contributed by atoms with van der Waals surface area (Å²) >= 11 is 0. The quantitative estimate of drug-likeness (QED) is 0.734. The highest BCUT2D eigenvalue weighted by atomic mass is 14.9. The molecule has 3 nitrogen and oxygen atoms in total. The highest BCUT2D eigenvalue weighted by Gasteiger charge is 2.16. The van der Waals surface area contributed by atoms with Gasteiger partial charge in [-0.1, -0.05) is 19.9 Å². The predicted molar refractivity (Wildman–Crippen MR) is 69.4 cm³/mol. The van der Waals surface area contributed by atoms with Crippen LogP contribution < -0.4 is 5.32 Å². The number of pyridine rings is 1. The van der Waals surface area contributed by atoms with Crippen LogP contribution in [0.4, 0.5) is 0 Å². The molecule has 3 heteroatoms. The van der Waals surface area contributed by atoms with Crippen molar-refractivity contribution in [3.05, 3.63) is 30.1 Å². The van der Waals surface area contributed by atoms with E-state index in [1.165, 1.54) is 0 Å². The smallest absolute Gasteiger partial charge is 0.0621 e. The van der Waals surface area contributed by atoms with Crippen LogP contribution in [0.3, 0.4) is 0 Å². The molecule has 1 heterocycles. The van der Waals surface area contributed by atoms with Crippen LogP contribution in [-0.4, -0.2) is 18.1 Å². The van der Waals surface area contributed by atoms with Crippen molar-refractivity contribution < 1.29 is 0 Å². The van der Waals surface area contributed by atoms with Crippen LogP contribution in [0.5, 0.6) is 0 Å². The third-order valence-electron chi connectivity index (χ3n) is 2.80. The molecule has 0 aliphatic rings. The first-order valence-electron chi connectivity index (χ1n) is 6.12. The number of nitrogens with zero attached hydrogens (tertiary/aromatic N) is 2. The van der Waals surface area contributed by atoms with Crippen LogP contribution in [0, 0.1) is 16.7 Å². The average molecular weight is 231 g/mol. The SMILES string of the molecule is CC(C)(CCC#N)CNCCc1ccccn1. The summed E-state index contributed by atoms with van der Waals surface area (Å²) in [5, 5.41) is 12.0. The van der Waals surface area contributed by atoms with E-state index >= 15 is 0 Å². The lowest BCUT2D eigenvalue weighted by molar-refractivity contribution is 0.319. The van der Waals surface area contributed by atoms with Crippen molar-refractivity contribution in [2.45, 2.75) is 33.1 Å². The Labute approximate surface area is 104 Å². The molecule has 0 aromatic carbocycles. The van der Waals surface area contributed by atoms with E-state index in [0.29, 0.717) is 6.42 Å². The summed E-state index contributed by atoms with van der Waals surface area (Å²) in [6.45, 7) is 6.27. The summed E-state index contributed by atoms with van der Waals surface area (Å²) in [6, 6.07) is 8.19. The minimum absolute atomic E-state index is 0.194. The van der Waals surface area contributed by atoms with E-state index in [4.69, 9.17) is 5.26 Å². The van der Waals surface area contributed by atoms with E-state index in [-0.39, 0.29) is 5.41 Å². The Kier molecular flexibility index (Phi) is 5.65. The molecular formula is C14H21N3. The van der Waals surface area contributed by atoms with Crippen molar-refractivity contribution in [1.29, 1.82) is 5.26 Å². The first-order valence-corrected chi connectivity index (χ1v) is 6.12. The lowest BCUT2D eigenvalue weighted by atomic mass is 9.88. The zero-order valence-electron chi connectivity index (χ0n) is 10.7. The van der Waals surface area contributed by atoms with Crippen molar-refractivity contribution in [2.75, 3.05) is 13.1 Å². The third-order valence-corrected chi connectivity index (χ3v) is 2.80. The van der Waals surface area contributed by atoms with Gasteiger partial charge in [0.05, 0.1) is 6.07 Å². The normalized spacial score (nSPS) is 11.1. The molecule has 0 saturated heterocycles. The van der Waals surface area contributed by atoms with Gasteiger partial charge in [-0.05, 0) is 24.0 Å². The van der Waals surface area contributed by atoms with Gasteiger partial charge < -0.3 is 5.32 Å². The fourth-order valence-electron chi connectivity index (χ4n) is 1.67. The van der Waals surface area contributed by atoms with Gasteiger partial charge in [0.15, 0.2) is 0 Å². The maximum Gasteiger partial charge on any atom is 0.0621 e. The fourth-order valence-corrected chi connectivity index (χ4v) is 1.67. The van der Waals surface area contributed by atoms with Gasteiger partial charge in [0, 0.05) is 37.8 Å². The molecule has 0 radical (unpaired) electrons. The van der Waals surface area contributed by atoms with Crippen LogP contribution in [0.25, 0.3) is 0 Å². The number of nitrogens with one attached hydrogen (secondary N) is 1. The molecule has 0 unspecified atom stereocenters. The maximum absolute atomic E-state index is 8.57. The van der Waals surface area contributed by atoms with Gasteiger partial charge >= 0.3 is 0 Å². The van der Waals surface area contributed by atoms with Crippen molar-refractivity contribution in [3.8, 4) is 6.07 Å². The molecule has 0 amide bonds. The summed E-state index contributed by atoms with van der Waals surface area (Å²) in [4.78, 5) is 4.28. The minimum atomic E-state index is 0.194. The molecule has 0 spiro atoms. The molecule has 0 aliphatic heterocycles. The molecule has 1 N–H and O–H groups in total. The van der Waals surface area contributed by atoms with Gasteiger partial charge in [-0.3, -0.25) is 4.98 Å². The Morgan fingerprint density at radius 3 is 2.88 bits per heavy atom. The summed E-state index contributed by atoms with van der Waals surface area (Å²) in [7, 11) is 0. The Balaban J connectivity index is 2.18. The second kappa shape index (κ2) is 7.03. The zero-order chi connectivity index (χ0) is 12.6. The standard InChI is InChI=1S/C14H21N3/c1-14(2,8-5-9-15)12-16-11-7-13-6-3-4-10-17-13/h3-4,6,10,16H,5,7-8,11-12H2,1-2H3. The van der Waals surface area contributed by atoms with E-state index in [9.17, 15) is 0 Å². The topological polar surface area (TPSA) is 48.7 Å². The van der Waals surface area contributed by atoms with Gasteiger partial charge in [-0.25, -0.2) is 0 Å². The van der Waals surface area contributed by atoms with E-state index < -0.39 is 0 Å². The van der Waals surface area contributed by atoms with Crippen LogP contribution >= 0.6 is 0 Å². The molecule has 0 bridgehead atoms. The molecular weight excluding hydrogens is 210 g/mol. The third kappa shape index (κ3) is 6.03. The fraction of sp³-hybridized carbons (Fsp3) is 0.571. The van der Waals surface area contributed by atoms with Gasteiger partial charge in [0.1, 0.15) is 0 Å². The first-order chi connectivity index (χ1) is 8.14. The maximum atomic E-state index is 8.57. The zero-order valence-corrected chi connectivity index (χ0v) is 10.7. The number of nitriles is 1. The lowest BCUT2D eigenvalue weighted by Gasteiger charge is -2.23. The van der Waals surface area contributed by atoms with Crippen LogP contribution in [0.2, 0.25) is 0 Å². The van der Waals surface area contributed by atoms with Crippen molar-refractivity contribution in [2.24, 2.45) is 5.41 Å². The second-order valence-corrected chi connectivity index (χ2v) is 5.07. The number of hydrogen-bond acceptors (Lipinski definition) is 3. The molecule has 0 aliphatic carbocycles. The van der Waals surface area contributed by atoms with Crippen LogP contribution in [0.1, 0.15) is 32.4 Å². The van der Waals surface area contributed by atoms with E-state index in [0.717, 1.165) is 31.6 Å². The summed E-state index contributed by atoms with van der Waals surface area (Å²) in [5.74, 6) is 0. The van der Waals surface area contributed by atoms with Crippen LogP contribution in [0.15, 0.2) is 24.4 Å². The van der Waals surface area contributed by atoms with Crippen molar-refractivity contribution >= 4 is 0 Å². The van der Waals surface area contributed by atoms with Gasteiger partial charge in [-0.2, -0.15) is 5.26 Å². The Morgan fingerprint density at radius 2 is 2.24 bits per heavy atom. The van der Waals surface area contributed by atoms with Crippen molar-refractivity contribution in [3.63, 3.8) is 0 Å². The Bertz CT molecular complexity index is 351. The van der Waals surface area contributed by atoms with E-state index in [2.05, 4.69) is 30.2 Å². The summed E-state index contributed by atoms with van der Waals surface area (Å²) in [5.41, 5.74) is 1.31. The molecule has 0 saturated carbocycles. The lowest BCUT2D eigenvalue weighted by Crippen LogP contribution is -2.30. The summed E-state index contributed by atoms with van der Waals surface area (Å²) < 4.78 is 0. The second-order valence-electron chi connectivity index (χ2n) is 5.07. The number of rotatable bonds is 7. The minimum Gasteiger partial charge on any atom is -0.316 e. The molecule has 1 aromatic heterocycles. The molecule has 0 fully saturated rings. The first kappa shape index (κ1) is 13.7. The Hall–Kier alpha value is -1.40. The molecule has 92 valence electrons. The number of aromatic nitrogens is 1. The Morgan fingerprint density at radius 1 is 1.41 bits per heavy atom. The predicted octanol–water partition coefficient (Wildman–Crippen LogP) is 2.54. The highest BCUT2D eigenvalue weighted by molar-refractivity contribution is 5.03. The highest BCUT2D eigenvalue weighted by Crippen LogP contribution is 2.20. The van der Waals surface area contributed by atoms with Crippen molar-refractivity contribution in [1.82, 2.24) is 10.3 Å². The molecule has 17 heavy (non-hydrogen) atoms. The average Bonchev–Trinajstić information content (AvgIpc) is 2.34. The number of hydrogen-bond donors (Lipinski definition) is 1. The van der Waals surface area contributed by atoms with Gasteiger partial charge in [0.2, 0.25) is 0 Å². The van der Waals surface area contributed by atoms with Crippen LogP contribution in [-0.2, 0) is 6.42 Å². The molecule has 1 aromatic rings. The van der Waals surface area contributed by atoms with Gasteiger partial charge in [-0.15, -0.1) is 0 Å². The van der Waals surface area contributed by atoms with Gasteiger partial charge in [0.25, 0.3) is 0 Å². The van der Waals surface area contributed by atoms with E-state index in [1.54, 1.807) is 0 Å². The molecule has 0 atom stereocenters. The largest absolute Gasteiger partial charge is 0.316 e. The van der Waals surface area contributed by atoms with E-state index in [1.807, 2.05) is 24.4 Å². The molecule has 1 rings (SSSR count). The summed E-state index contributed by atoms with van der Waals surface area (Å²) in [6.07, 6.45) is 4.36. The monoisotopic (exact) mass is 231 g/mol.